The smallest absolute Gasteiger partial charge is 0.157 e. The van der Waals surface area contributed by atoms with Gasteiger partial charge in [-0.05, 0) is 30.0 Å². The van der Waals surface area contributed by atoms with Gasteiger partial charge in [-0.25, -0.2) is 0 Å². The molecule has 2 rings (SSSR count). The number of benzene rings is 1. The Morgan fingerprint density at radius 2 is 2.07 bits per heavy atom. The van der Waals surface area contributed by atoms with Crippen LogP contribution >= 0.6 is 0 Å². The molecule has 1 saturated carbocycles. The minimum Gasteiger partial charge on any atom is -0.504 e. The zero-order chi connectivity index (χ0) is 10.1. The molecule has 3 heteroatoms. The summed E-state index contributed by atoms with van der Waals surface area (Å²) in [7, 11) is 0. The second-order valence-electron chi connectivity index (χ2n) is 4.02. The van der Waals surface area contributed by atoms with Gasteiger partial charge in [-0.15, -0.1) is 0 Å². The molecule has 0 radical (unpaired) electrons. The lowest BCUT2D eigenvalue weighted by atomic mass is 10.2. The molecular weight excluding hydrogens is 178 g/mol. The van der Waals surface area contributed by atoms with Crippen LogP contribution in [0.1, 0.15) is 18.9 Å². The maximum absolute atomic E-state index is 9.26. The minimum atomic E-state index is -0.0615. The third-order valence-corrected chi connectivity index (χ3v) is 2.72. The molecule has 0 amide bonds. The molecule has 2 unspecified atom stereocenters. The number of phenols is 2. The molecule has 1 aromatic rings. The first kappa shape index (κ1) is 9.34. The molecule has 0 saturated heterocycles. The highest BCUT2D eigenvalue weighted by Gasteiger charge is 2.31. The first-order valence-electron chi connectivity index (χ1n) is 4.91. The van der Waals surface area contributed by atoms with E-state index >= 15 is 0 Å². The lowest BCUT2D eigenvalue weighted by molar-refractivity contribution is 0.403. The summed E-state index contributed by atoms with van der Waals surface area (Å²) in [4.78, 5) is 0. The van der Waals surface area contributed by atoms with Gasteiger partial charge in [0.25, 0.3) is 0 Å². The van der Waals surface area contributed by atoms with E-state index in [1.807, 2.05) is 6.07 Å². The van der Waals surface area contributed by atoms with Gasteiger partial charge >= 0.3 is 0 Å². The first-order valence-corrected chi connectivity index (χ1v) is 4.91. The summed E-state index contributed by atoms with van der Waals surface area (Å²) in [5.74, 6) is 0.669. The van der Waals surface area contributed by atoms with Crippen molar-refractivity contribution in [2.24, 2.45) is 5.92 Å². The SMILES string of the molecule is CC1CC1NCc1ccc(O)c(O)c1. The van der Waals surface area contributed by atoms with E-state index in [4.69, 9.17) is 5.11 Å². The van der Waals surface area contributed by atoms with Crippen LogP contribution in [0.4, 0.5) is 0 Å². The van der Waals surface area contributed by atoms with Crippen LogP contribution in [-0.2, 0) is 6.54 Å². The van der Waals surface area contributed by atoms with Gasteiger partial charge in [0.05, 0.1) is 0 Å². The standard InChI is InChI=1S/C11H15NO2/c1-7-4-9(7)12-6-8-2-3-10(13)11(14)5-8/h2-3,5,7,9,12-14H,4,6H2,1H3. The molecule has 1 aliphatic carbocycles. The number of aromatic hydroxyl groups is 2. The van der Waals surface area contributed by atoms with Crippen molar-refractivity contribution in [1.29, 1.82) is 0 Å². The number of hydrogen-bond donors (Lipinski definition) is 3. The fraction of sp³-hybridized carbons (Fsp3) is 0.455. The van der Waals surface area contributed by atoms with Crippen LogP contribution in [0.25, 0.3) is 0 Å². The quantitative estimate of drug-likeness (QED) is 0.639. The Bertz CT molecular complexity index is 338. The van der Waals surface area contributed by atoms with Gasteiger partial charge in [0.15, 0.2) is 11.5 Å². The predicted molar refractivity (Wildman–Crippen MR) is 54.2 cm³/mol. The number of hydrogen-bond acceptors (Lipinski definition) is 3. The molecule has 76 valence electrons. The van der Waals surface area contributed by atoms with Crippen molar-refractivity contribution in [3.8, 4) is 11.5 Å². The van der Waals surface area contributed by atoms with Crippen molar-refractivity contribution in [3.63, 3.8) is 0 Å². The van der Waals surface area contributed by atoms with E-state index in [0.29, 0.717) is 6.04 Å². The summed E-state index contributed by atoms with van der Waals surface area (Å²) in [6, 6.07) is 5.55. The second-order valence-corrected chi connectivity index (χ2v) is 4.02. The zero-order valence-electron chi connectivity index (χ0n) is 8.20. The van der Waals surface area contributed by atoms with Crippen molar-refractivity contribution < 1.29 is 10.2 Å². The zero-order valence-corrected chi connectivity index (χ0v) is 8.20. The highest BCUT2D eigenvalue weighted by atomic mass is 16.3. The van der Waals surface area contributed by atoms with E-state index in [1.165, 1.54) is 12.5 Å². The van der Waals surface area contributed by atoms with Crippen LogP contribution in [0.2, 0.25) is 0 Å². The fourth-order valence-corrected chi connectivity index (χ4v) is 1.53. The maximum atomic E-state index is 9.26. The fourth-order valence-electron chi connectivity index (χ4n) is 1.53. The Balaban J connectivity index is 1.92. The minimum absolute atomic E-state index is 0.0480. The maximum Gasteiger partial charge on any atom is 0.157 e. The van der Waals surface area contributed by atoms with E-state index in [1.54, 1.807) is 6.07 Å². The van der Waals surface area contributed by atoms with Crippen molar-refractivity contribution in [2.45, 2.75) is 25.9 Å². The average molecular weight is 193 g/mol. The molecule has 14 heavy (non-hydrogen) atoms. The third kappa shape index (κ3) is 1.99. The third-order valence-electron chi connectivity index (χ3n) is 2.72. The summed E-state index contributed by atoms with van der Waals surface area (Å²) in [5, 5.41) is 21.7. The molecule has 0 aromatic heterocycles. The summed E-state index contributed by atoms with van der Waals surface area (Å²) < 4.78 is 0. The highest BCUT2D eigenvalue weighted by molar-refractivity contribution is 5.40. The van der Waals surface area contributed by atoms with E-state index < -0.39 is 0 Å². The molecule has 1 aliphatic rings. The highest BCUT2D eigenvalue weighted by Crippen LogP contribution is 2.30. The van der Waals surface area contributed by atoms with E-state index in [2.05, 4.69) is 12.2 Å². The van der Waals surface area contributed by atoms with Crippen molar-refractivity contribution in [3.05, 3.63) is 23.8 Å². The van der Waals surface area contributed by atoms with Gasteiger partial charge in [-0.1, -0.05) is 13.0 Å². The van der Waals surface area contributed by atoms with Gasteiger partial charge < -0.3 is 15.5 Å². The molecular formula is C11H15NO2. The number of phenolic OH excluding ortho intramolecular Hbond substituents is 2. The Hall–Kier alpha value is -1.22. The Kier molecular flexibility index (Phi) is 2.33. The Labute approximate surface area is 83.4 Å². The first-order chi connectivity index (χ1) is 6.66. The lowest BCUT2D eigenvalue weighted by Gasteiger charge is -2.04. The van der Waals surface area contributed by atoms with Crippen LogP contribution in [0.5, 0.6) is 11.5 Å². The van der Waals surface area contributed by atoms with Crippen molar-refractivity contribution in [1.82, 2.24) is 5.32 Å². The largest absolute Gasteiger partial charge is 0.504 e. The normalized spacial score (nSPS) is 24.9. The van der Waals surface area contributed by atoms with Gasteiger partial charge in [0.1, 0.15) is 0 Å². The van der Waals surface area contributed by atoms with E-state index in [0.717, 1.165) is 18.0 Å². The molecule has 3 N–H and O–H groups in total. The second kappa shape index (κ2) is 3.50. The van der Waals surface area contributed by atoms with Crippen molar-refractivity contribution in [2.75, 3.05) is 0 Å². The van der Waals surface area contributed by atoms with Crippen LogP contribution in [0, 0.1) is 5.92 Å². The average Bonchev–Trinajstić information content (AvgIpc) is 2.85. The van der Waals surface area contributed by atoms with Gasteiger partial charge in [0.2, 0.25) is 0 Å². The molecule has 0 aliphatic heterocycles. The predicted octanol–water partition coefficient (Wildman–Crippen LogP) is 1.60. The summed E-state index contributed by atoms with van der Waals surface area (Å²) in [6.07, 6.45) is 1.24. The Morgan fingerprint density at radius 1 is 1.36 bits per heavy atom. The molecule has 2 atom stereocenters. The molecule has 0 spiro atoms. The summed E-state index contributed by atoms with van der Waals surface area (Å²) in [5.41, 5.74) is 0.999. The molecule has 3 nitrogen and oxygen atoms in total. The number of nitrogens with one attached hydrogen (secondary N) is 1. The summed E-state index contributed by atoms with van der Waals surface area (Å²) >= 11 is 0. The van der Waals surface area contributed by atoms with Gasteiger partial charge in [-0.3, -0.25) is 0 Å². The van der Waals surface area contributed by atoms with Gasteiger partial charge in [-0.2, -0.15) is 0 Å². The molecule has 1 fully saturated rings. The Morgan fingerprint density at radius 3 is 2.64 bits per heavy atom. The molecule has 0 heterocycles. The van der Waals surface area contributed by atoms with Crippen molar-refractivity contribution >= 4 is 0 Å². The van der Waals surface area contributed by atoms with Crippen LogP contribution in [0.3, 0.4) is 0 Å². The topological polar surface area (TPSA) is 52.5 Å². The van der Waals surface area contributed by atoms with Crippen LogP contribution in [0.15, 0.2) is 18.2 Å². The van der Waals surface area contributed by atoms with Crippen LogP contribution in [-0.4, -0.2) is 16.3 Å². The van der Waals surface area contributed by atoms with E-state index in [9.17, 15) is 5.11 Å². The molecule has 0 bridgehead atoms. The monoisotopic (exact) mass is 193 g/mol. The van der Waals surface area contributed by atoms with Gasteiger partial charge in [0, 0.05) is 12.6 Å². The number of rotatable bonds is 3. The van der Waals surface area contributed by atoms with Crippen LogP contribution < -0.4 is 5.32 Å². The van der Waals surface area contributed by atoms with E-state index in [-0.39, 0.29) is 11.5 Å². The lowest BCUT2D eigenvalue weighted by Crippen LogP contribution is -2.16. The molecule has 1 aromatic carbocycles. The summed E-state index contributed by atoms with van der Waals surface area (Å²) in [6.45, 7) is 2.97.